The maximum atomic E-state index is 14.0. The molecule has 3 rings (SSSR count). The highest BCUT2D eigenvalue weighted by atomic mass is 35.5. The molecule has 26 heavy (non-hydrogen) atoms. The molecule has 1 heterocycles. The molecule has 0 aliphatic carbocycles. The Morgan fingerprint density at radius 2 is 2.08 bits per heavy atom. The molecule has 0 amide bonds. The normalized spacial score (nSPS) is 18.7. The van der Waals surface area contributed by atoms with Crippen molar-refractivity contribution in [1.29, 1.82) is 0 Å². The Morgan fingerprint density at radius 1 is 1.31 bits per heavy atom. The second-order valence-corrected chi connectivity index (χ2v) is 6.95. The molecule has 2 atom stereocenters. The van der Waals surface area contributed by atoms with E-state index in [4.69, 9.17) is 27.9 Å². The molecule has 7 heteroatoms. The monoisotopic (exact) mass is 397 g/mol. The van der Waals surface area contributed by atoms with E-state index < -0.39 is 23.9 Å². The number of methoxy groups -OCH3 is 1. The molecule has 0 radical (unpaired) electrons. The van der Waals surface area contributed by atoms with E-state index in [1.165, 1.54) is 25.3 Å². The highest BCUT2D eigenvalue weighted by molar-refractivity contribution is 6.42. The topological polar surface area (TPSA) is 49.8 Å². The first-order chi connectivity index (χ1) is 12.4. The van der Waals surface area contributed by atoms with Gasteiger partial charge in [-0.1, -0.05) is 35.3 Å². The van der Waals surface area contributed by atoms with Gasteiger partial charge in [-0.2, -0.15) is 0 Å². The summed E-state index contributed by atoms with van der Waals surface area (Å²) in [5, 5.41) is 10.3. The van der Waals surface area contributed by atoms with Gasteiger partial charge in [0.1, 0.15) is 17.6 Å². The first kappa shape index (κ1) is 19.0. The number of rotatable bonds is 5. The van der Waals surface area contributed by atoms with Crippen LogP contribution in [0.1, 0.15) is 30.0 Å². The molecule has 0 spiro atoms. The Kier molecular flexibility index (Phi) is 5.70. The first-order valence-electron chi connectivity index (χ1n) is 8.20. The third-order valence-electron chi connectivity index (χ3n) is 4.67. The van der Waals surface area contributed by atoms with E-state index >= 15 is 0 Å². The minimum absolute atomic E-state index is 0.321. The fourth-order valence-corrected chi connectivity index (χ4v) is 3.95. The largest absolute Gasteiger partial charge is 0.496 e. The van der Waals surface area contributed by atoms with Crippen molar-refractivity contribution >= 4 is 29.2 Å². The van der Waals surface area contributed by atoms with E-state index in [9.17, 15) is 14.3 Å². The summed E-state index contributed by atoms with van der Waals surface area (Å²) in [6.07, 6.45) is 1.24. The zero-order valence-corrected chi connectivity index (χ0v) is 15.6. The van der Waals surface area contributed by atoms with E-state index in [2.05, 4.69) is 0 Å². The maximum Gasteiger partial charge on any atom is 0.320 e. The van der Waals surface area contributed by atoms with Crippen LogP contribution in [-0.2, 0) is 4.79 Å². The predicted molar refractivity (Wildman–Crippen MR) is 98.6 cm³/mol. The summed E-state index contributed by atoms with van der Waals surface area (Å²) in [5.41, 5.74) is 1.14. The van der Waals surface area contributed by atoms with Gasteiger partial charge in [0.05, 0.1) is 23.2 Å². The Labute approximate surface area is 161 Å². The Balaban J connectivity index is 2.22. The van der Waals surface area contributed by atoms with Crippen molar-refractivity contribution in [2.45, 2.75) is 24.9 Å². The van der Waals surface area contributed by atoms with Crippen molar-refractivity contribution in [3.8, 4) is 5.75 Å². The molecule has 1 saturated heterocycles. The molecular formula is C19H18Cl2FNO3. The number of carbonyl (C=O) groups is 1. The number of aliphatic carboxylic acids is 1. The first-order valence-corrected chi connectivity index (χ1v) is 8.95. The van der Waals surface area contributed by atoms with Gasteiger partial charge in [-0.25, -0.2) is 4.39 Å². The quantitative estimate of drug-likeness (QED) is 0.788. The van der Waals surface area contributed by atoms with Crippen molar-refractivity contribution in [2.75, 3.05) is 13.7 Å². The van der Waals surface area contributed by atoms with E-state index in [0.717, 1.165) is 6.42 Å². The van der Waals surface area contributed by atoms with Crippen molar-refractivity contribution in [3.05, 3.63) is 63.4 Å². The van der Waals surface area contributed by atoms with Crippen LogP contribution in [0.5, 0.6) is 5.75 Å². The van der Waals surface area contributed by atoms with E-state index in [1.807, 2.05) is 4.90 Å². The molecule has 0 aromatic heterocycles. The van der Waals surface area contributed by atoms with Gasteiger partial charge in [0, 0.05) is 12.1 Å². The molecule has 1 aliphatic heterocycles. The van der Waals surface area contributed by atoms with Gasteiger partial charge in [-0.15, -0.1) is 0 Å². The lowest BCUT2D eigenvalue weighted by Crippen LogP contribution is -2.39. The van der Waals surface area contributed by atoms with Crippen molar-refractivity contribution in [2.24, 2.45) is 0 Å². The van der Waals surface area contributed by atoms with E-state index in [-0.39, 0.29) is 0 Å². The van der Waals surface area contributed by atoms with Crippen LogP contribution in [-0.4, -0.2) is 35.7 Å². The standard InChI is InChI=1S/C19H18Cl2FNO3/c1-26-16-8-7-11(22)10-13(16)18(12-4-2-5-14(20)17(12)21)23-9-3-6-15(23)19(24)25/h2,4-5,7-8,10,15,18H,3,6,9H2,1H3,(H,24,25). The number of likely N-dealkylation sites (tertiary alicyclic amines) is 1. The number of nitrogens with zero attached hydrogens (tertiary/aromatic N) is 1. The molecular weight excluding hydrogens is 380 g/mol. The summed E-state index contributed by atoms with van der Waals surface area (Å²) in [5.74, 6) is -0.889. The summed E-state index contributed by atoms with van der Waals surface area (Å²) >= 11 is 12.6. The lowest BCUT2D eigenvalue weighted by Gasteiger charge is -2.33. The van der Waals surface area contributed by atoms with Crippen LogP contribution in [0.25, 0.3) is 0 Å². The van der Waals surface area contributed by atoms with Crippen LogP contribution in [0.3, 0.4) is 0 Å². The van der Waals surface area contributed by atoms with Gasteiger partial charge in [-0.3, -0.25) is 9.69 Å². The minimum atomic E-state index is -0.916. The number of hydrogen-bond acceptors (Lipinski definition) is 3. The molecule has 138 valence electrons. The molecule has 1 N–H and O–H groups in total. The van der Waals surface area contributed by atoms with E-state index in [0.29, 0.717) is 39.9 Å². The fourth-order valence-electron chi connectivity index (χ4n) is 3.54. The number of carboxylic acids is 1. The summed E-state index contributed by atoms with van der Waals surface area (Å²) in [6, 6.07) is 8.09. The van der Waals surface area contributed by atoms with Crippen LogP contribution in [0.4, 0.5) is 4.39 Å². The number of hydrogen-bond donors (Lipinski definition) is 1. The highest BCUT2D eigenvalue weighted by Gasteiger charge is 2.39. The third-order valence-corrected chi connectivity index (χ3v) is 5.51. The molecule has 0 saturated carbocycles. The van der Waals surface area contributed by atoms with Crippen LogP contribution >= 0.6 is 23.2 Å². The smallest absolute Gasteiger partial charge is 0.320 e. The average Bonchev–Trinajstić information content (AvgIpc) is 3.09. The van der Waals surface area contributed by atoms with Gasteiger partial charge >= 0.3 is 5.97 Å². The summed E-state index contributed by atoms with van der Waals surface area (Å²) in [7, 11) is 1.49. The lowest BCUT2D eigenvalue weighted by molar-refractivity contribution is -0.142. The molecule has 2 aromatic carbocycles. The fraction of sp³-hybridized carbons (Fsp3) is 0.316. The maximum absolute atomic E-state index is 14.0. The van der Waals surface area contributed by atoms with Gasteiger partial charge in [-0.05, 0) is 42.7 Å². The molecule has 2 unspecified atom stereocenters. The molecule has 0 bridgehead atoms. The Morgan fingerprint density at radius 3 is 2.77 bits per heavy atom. The minimum Gasteiger partial charge on any atom is -0.496 e. The number of halogens is 3. The summed E-state index contributed by atoms with van der Waals surface area (Å²) in [6.45, 7) is 0.546. The van der Waals surface area contributed by atoms with Crippen LogP contribution < -0.4 is 4.74 Å². The van der Waals surface area contributed by atoms with Crippen LogP contribution in [0.15, 0.2) is 36.4 Å². The third kappa shape index (κ3) is 3.52. The molecule has 2 aromatic rings. The Bertz CT molecular complexity index is 830. The van der Waals surface area contributed by atoms with Crippen molar-refractivity contribution < 1.29 is 19.0 Å². The Hall–Kier alpha value is -1.82. The molecule has 1 fully saturated rings. The summed E-state index contributed by atoms with van der Waals surface area (Å²) in [4.78, 5) is 13.6. The number of ether oxygens (including phenoxy) is 1. The lowest BCUT2D eigenvalue weighted by atomic mass is 9.95. The highest BCUT2D eigenvalue weighted by Crippen LogP contribution is 2.43. The van der Waals surface area contributed by atoms with Crippen molar-refractivity contribution in [1.82, 2.24) is 4.90 Å². The molecule has 1 aliphatic rings. The average molecular weight is 398 g/mol. The summed E-state index contributed by atoms with van der Waals surface area (Å²) < 4.78 is 19.4. The zero-order valence-electron chi connectivity index (χ0n) is 14.1. The number of carboxylic acid groups (broad SMARTS) is 1. The number of benzene rings is 2. The predicted octanol–water partition coefficient (Wildman–Crippen LogP) is 4.78. The van der Waals surface area contributed by atoms with Crippen LogP contribution in [0.2, 0.25) is 10.0 Å². The van der Waals surface area contributed by atoms with Gasteiger partial charge < -0.3 is 9.84 Å². The van der Waals surface area contributed by atoms with Crippen LogP contribution in [0, 0.1) is 5.82 Å². The SMILES string of the molecule is COc1ccc(F)cc1C(c1cccc(Cl)c1Cl)N1CCCC1C(=O)O. The van der Waals surface area contributed by atoms with Gasteiger partial charge in [0.15, 0.2) is 0 Å². The second kappa shape index (κ2) is 7.82. The zero-order chi connectivity index (χ0) is 18.8. The second-order valence-electron chi connectivity index (χ2n) is 6.17. The van der Waals surface area contributed by atoms with Gasteiger partial charge in [0.2, 0.25) is 0 Å². The van der Waals surface area contributed by atoms with Gasteiger partial charge in [0.25, 0.3) is 0 Å². The van der Waals surface area contributed by atoms with Crippen molar-refractivity contribution in [3.63, 3.8) is 0 Å². The van der Waals surface area contributed by atoms with E-state index in [1.54, 1.807) is 18.2 Å². The molecule has 4 nitrogen and oxygen atoms in total.